The van der Waals surface area contributed by atoms with Gasteiger partial charge in [0.25, 0.3) is 5.91 Å². The van der Waals surface area contributed by atoms with Crippen molar-refractivity contribution in [2.45, 2.75) is 46.1 Å². The first kappa shape index (κ1) is 14.8. The monoisotopic (exact) mass is 276 g/mol. The highest BCUT2D eigenvalue weighted by molar-refractivity contribution is 5.92. The Bertz CT molecular complexity index is 453. The van der Waals surface area contributed by atoms with Crippen molar-refractivity contribution in [1.82, 2.24) is 15.3 Å². The number of nitrogens with one attached hydrogen (secondary N) is 2. The van der Waals surface area contributed by atoms with Crippen LogP contribution in [0.15, 0.2) is 12.4 Å². The van der Waals surface area contributed by atoms with Gasteiger partial charge in [-0.05, 0) is 38.0 Å². The zero-order valence-electron chi connectivity index (χ0n) is 12.5. The van der Waals surface area contributed by atoms with Gasteiger partial charge in [-0.1, -0.05) is 13.8 Å². The fourth-order valence-corrected chi connectivity index (χ4v) is 3.07. The quantitative estimate of drug-likeness (QED) is 0.886. The molecule has 110 valence electrons. The van der Waals surface area contributed by atoms with E-state index in [2.05, 4.69) is 34.4 Å². The molecule has 1 heterocycles. The van der Waals surface area contributed by atoms with Gasteiger partial charge in [-0.3, -0.25) is 9.78 Å². The number of carbonyl (C=O) groups excluding carboxylic acids is 1. The molecule has 0 saturated heterocycles. The highest BCUT2D eigenvalue weighted by atomic mass is 16.1. The van der Waals surface area contributed by atoms with Crippen LogP contribution in [-0.2, 0) is 0 Å². The van der Waals surface area contributed by atoms with Crippen LogP contribution in [0.2, 0.25) is 0 Å². The molecule has 0 bridgehead atoms. The number of hydrogen-bond acceptors (Lipinski definition) is 4. The predicted octanol–water partition coefficient (Wildman–Crippen LogP) is 2.46. The van der Waals surface area contributed by atoms with Gasteiger partial charge in [0.2, 0.25) is 0 Å². The SMILES string of the molecule is CCNc1cncc(C(=O)NC2CC(C)CC(C)C2)n1. The van der Waals surface area contributed by atoms with E-state index >= 15 is 0 Å². The van der Waals surface area contributed by atoms with Gasteiger partial charge in [-0.15, -0.1) is 0 Å². The molecular weight excluding hydrogens is 252 g/mol. The summed E-state index contributed by atoms with van der Waals surface area (Å²) in [7, 11) is 0. The number of aromatic nitrogens is 2. The van der Waals surface area contributed by atoms with Crippen LogP contribution < -0.4 is 10.6 Å². The predicted molar refractivity (Wildman–Crippen MR) is 79.6 cm³/mol. The molecule has 2 rings (SSSR count). The standard InChI is InChI=1S/C15H24N4O/c1-4-17-14-9-16-8-13(19-14)15(20)18-12-6-10(2)5-11(3)7-12/h8-12H,4-7H2,1-3H3,(H,17,19)(H,18,20). The van der Waals surface area contributed by atoms with Crippen LogP contribution >= 0.6 is 0 Å². The average Bonchev–Trinajstić information content (AvgIpc) is 2.38. The maximum Gasteiger partial charge on any atom is 0.271 e. The van der Waals surface area contributed by atoms with Gasteiger partial charge < -0.3 is 10.6 Å². The lowest BCUT2D eigenvalue weighted by Crippen LogP contribution is -2.40. The summed E-state index contributed by atoms with van der Waals surface area (Å²) in [5, 5.41) is 6.16. The minimum Gasteiger partial charge on any atom is -0.369 e. The Kier molecular flexibility index (Phi) is 4.93. The van der Waals surface area contributed by atoms with E-state index in [0.717, 1.165) is 19.4 Å². The number of nitrogens with zero attached hydrogens (tertiary/aromatic N) is 2. The smallest absolute Gasteiger partial charge is 0.271 e. The summed E-state index contributed by atoms with van der Waals surface area (Å²) in [6.45, 7) is 7.25. The summed E-state index contributed by atoms with van der Waals surface area (Å²) in [6, 6.07) is 0.255. The topological polar surface area (TPSA) is 66.9 Å². The summed E-state index contributed by atoms with van der Waals surface area (Å²) in [5.41, 5.74) is 0.384. The summed E-state index contributed by atoms with van der Waals surface area (Å²) in [6.07, 6.45) is 6.51. The van der Waals surface area contributed by atoms with Crippen molar-refractivity contribution in [3.8, 4) is 0 Å². The van der Waals surface area contributed by atoms with E-state index in [0.29, 0.717) is 23.3 Å². The number of carbonyl (C=O) groups is 1. The van der Waals surface area contributed by atoms with E-state index in [4.69, 9.17) is 0 Å². The Labute approximate surface area is 120 Å². The van der Waals surface area contributed by atoms with Crippen LogP contribution in [0.4, 0.5) is 5.82 Å². The average molecular weight is 276 g/mol. The van der Waals surface area contributed by atoms with Crippen molar-refractivity contribution in [1.29, 1.82) is 0 Å². The van der Waals surface area contributed by atoms with Crippen LogP contribution in [-0.4, -0.2) is 28.5 Å². The molecule has 1 saturated carbocycles. The van der Waals surface area contributed by atoms with Gasteiger partial charge in [0, 0.05) is 12.6 Å². The minimum atomic E-state index is -0.122. The molecule has 1 aromatic rings. The van der Waals surface area contributed by atoms with E-state index < -0.39 is 0 Å². The largest absolute Gasteiger partial charge is 0.369 e. The van der Waals surface area contributed by atoms with Crippen LogP contribution in [0.3, 0.4) is 0 Å². The summed E-state index contributed by atoms with van der Waals surface area (Å²) >= 11 is 0. The van der Waals surface area contributed by atoms with Crippen LogP contribution in [0.25, 0.3) is 0 Å². The molecule has 0 spiro atoms. The molecule has 2 unspecified atom stereocenters. The molecule has 2 N–H and O–H groups in total. The van der Waals surface area contributed by atoms with E-state index in [1.165, 1.54) is 12.6 Å². The molecule has 20 heavy (non-hydrogen) atoms. The van der Waals surface area contributed by atoms with E-state index in [1.807, 2.05) is 6.92 Å². The normalized spacial score (nSPS) is 26.1. The maximum atomic E-state index is 12.2. The number of anilines is 1. The summed E-state index contributed by atoms with van der Waals surface area (Å²) < 4.78 is 0. The van der Waals surface area contributed by atoms with Gasteiger partial charge in [-0.25, -0.2) is 4.98 Å². The van der Waals surface area contributed by atoms with E-state index in [9.17, 15) is 4.79 Å². The molecule has 5 heteroatoms. The first-order chi connectivity index (χ1) is 9.58. The first-order valence-electron chi connectivity index (χ1n) is 7.45. The zero-order valence-corrected chi connectivity index (χ0v) is 12.5. The molecule has 0 radical (unpaired) electrons. The van der Waals surface area contributed by atoms with Gasteiger partial charge in [-0.2, -0.15) is 0 Å². The lowest BCUT2D eigenvalue weighted by Gasteiger charge is -2.31. The Morgan fingerprint density at radius 1 is 1.25 bits per heavy atom. The Morgan fingerprint density at radius 3 is 2.60 bits per heavy atom. The van der Waals surface area contributed by atoms with Crippen LogP contribution in [0.5, 0.6) is 0 Å². The third-order valence-electron chi connectivity index (χ3n) is 3.74. The third kappa shape index (κ3) is 3.92. The van der Waals surface area contributed by atoms with E-state index in [1.54, 1.807) is 6.20 Å². The first-order valence-corrected chi connectivity index (χ1v) is 7.45. The Hall–Kier alpha value is -1.65. The molecule has 1 aromatic heterocycles. The maximum absolute atomic E-state index is 12.2. The van der Waals surface area contributed by atoms with Gasteiger partial charge in [0.1, 0.15) is 11.5 Å². The van der Waals surface area contributed by atoms with Crippen molar-refractivity contribution in [2.75, 3.05) is 11.9 Å². The second kappa shape index (κ2) is 6.68. The highest BCUT2D eigenvalue weighted by Crippen LogP contribution is 2.28. The zero-order chi connectivity index (χ0) is 14.5. The molecule has 5 nitrogen and oxygen atoms in total. The van der Waals surface area contributed by atoms with Gasteiger partial charge in [0.15, 0.2) is 0 Å². The van der Waals surface area contributed by atoms with E-state index in [-0.39, 0.29) is 11.9 Å². The van der Waals surface area contributed by atoms with Crippen LogP contribution in [0.1, 0.15) is 50.5 Å². The highest BCUT2D eigenvalue weighted by Gasteiger charge is 2.25. The van der Waals surface area contributed by atoms with Crippen molar-refractivity contribution >= 4 is 11.7 Å². The molecule has 1 aliphatic rings. The third-order valence-corrected chi connectivity index (χ3v) is 3.74. The molecule has 0 aromatic carbocycles. The lowest BCUT2D eigenvalue weighted by molar-refractivity contribution is 0.0906. The lowest BCUT2D eigenvalue weighted by atomic mass is 9.80. The molecule has 1 fully saturated rings. The Balaban J connectivity index is 1.99. The number of amides is 1. The van der Waals surface area contributed by atoms with Crippen LogP contribution in [0, 0.1) is 11.8 Å². The summed E-state index contributed by atoms with van der Waals surface area (Å²) in [5.74, 6) is 1.86. The molecule has 1 aliphatic carbocycles. The number of hydrogen-bond donors (Lipinski definition) is 2. The Morgan fingerprint density at radius 2 is 1.95 bits per heavy atom. The summed E-state index contributed by atoms with van der Waals surface area (Å²) in [4.78, 5) is 20.6. The minimum absolute atomic E-state index is 0.122. The fourth-order valence-electron chi connectivity index (χ4n) is 3.07. The molecule has 0 aliphatic heterocycles. The van der Waals surface area contributed by atoms with Crippen molar-refractivity contribution in [3.05, 3.63) is 18.1 Å². The van der Waals surface area contributed by atoms with Crippen molar-refractivity contribution < 1.29 is 4.79 Å². The second-order valence-corrected chi connectivity index (χ2v) is 5.91. The number of rotatable bonds is 4. The second-order valence-electron chi connectivity index (χ2n) is 5.91. The van der Waals surface area contributed by atoms with Gasteiger partial charge >= 0.3 is 0 Å². The van der Waals surface area contributed by atoms with Crippen molar-refractivity contribution in [3.63, 3.8) is 0 Å². The molecule has 2 atom stereocenters. The molecular formula is C15H24N4O. The van der Waals surface area contributed by atoms with Crippen molar-refractivity contribution in [2.24, 2.45) is 11.8 Å². The molecule has 1 amide bonds. The van der Waals surface area contributed by atoms with Gasteiger partial charge in [0.05, 0.1) is 12.4 Å². The fraction of sp³-hybridized carbons (Fsp3) is 0.667.